The topological polar surface area (TPSA) is 66.0 Å². The molecule has 3 aromatic rings. The first kappa shape index (κ1) is 15.0. The zero-order chi connectivity index (χ0) is 16.2. The average Bonchev–Trinajstić information content (AvgIpc) is 3.18. The van der Waals surface area contributed by atoms with Crippen LogP contribution in [0.1, 0.15) is 0 Å². The average molecular weight is 338 g/mol. The van der Waals surface area contributed by atoms with Crippen molar-refractivity contribution in [3.8, 4) is 10.4 Å². The Morgan fingerprint density at radius 1 is 1.08 bits per heavy atom. The van der Waals surface area contributed by atoms with Crippen LogP contribution < -0.4 is 15.5 Å². The SMILES string of the molecule is c1cc(Nc2ccc(-c3cncs3)cc2)nc(N2CCNCC2)n1. The van der Waals surface area contributed by atoms with Crippen LogP contribution in [0.2, 0.25) is 0 Å². The van der Waals surface area contributed by atoms with Crippen molar-refractivity contribution in [2.24, 2.45) is 0 Å². The van der Waals surface area contributed by atoms with Gasteiger partial charge in [-0.1, -0.05) is 12.1 Å². The molecule has 0 unspecified atom stereocenters. The summed E-state index contributed by atoms with van der Waals surface area (Å²) < 4.78 is 0. The van der Waals surface area contributed by atoms with E-state index >= 15 is 0 Å². The van der Waals surface area contributed by atoms with E-state index in [1.54, 1.807) is 17.5 Å². The number of aromatic nitrogens is 3. The molecule has 1 aliphatic heterocycles. The van der Waals surface area contributed by atoms with E-state index in [4.69, 9.17) is 0 Å². The van der Waals surface area contributed by atoms with Crippen LogP contribution in [0.4, 0.5) is 17.5 Å². The van der Waals surface area contributed by atoms with Gasteiger partial charge in [0.05, 0.1) is 10.4 Å². The lowest BCUT2D eigenvalue weighted by atomic mass is 10.2. The second kappa shape index (κ2) is 6.94. The Morgan fingerprint density at radius 3 is 2.67 bits per heavy atom. The van der Waals surface area contributed by atoms with Crippen molar-refractivity contribution < 1.29 is 0 Å². The number of nitrogens with zero attached hydrogens (tertiary/aromatic N) is 4. The maximum Gasteiger partial charge on any atom is 0.227 e. The Labute approximate surface area is 144 Å². The molecular formula is C17H18N6S. The summed E-state index contributed by atoms with van der Waals surface area (Å²) in [7, 11) is 0. The van der Waals surface area contributed by atoms with Gasteiger partial charge in [-0.2, -0.15) is 4.98 Å². The van der Waals surface area contributed by atoms with E-state index in [-0.39, 0.29) is 0 Å². The summed E-state index contributed by atoms with van der Waals surface area (Å²) in [4.78, 5) is 16.5. The second-order valence-electron chi connectivity index (χ2n) is 5.55. The third kappa shape index (κ3) is 3.37. The van der Waals surface area contributed by atoms with Gasteiger partial charge in [-0.15, -0.1) is 11.3 Å². The van der Waals surface area contributed by atoms with E-state index in [1.807, 2.05) is 17.8 Å². The van der Waals surface area contributed by atoms with Gasteiger partial charge in [0.1, 0.15) is 5.82 Å². The van der Waals surface area contributed by atoms with Gasteiger partial charge in [0, 0.05) is 44.3 Å². The zero-order valence-corrected chi connectivity index (χ0v) is 14.0. The number of rotatable bonds is 4. The van der Waals surface area contributed by atoms with Gasteiger partial charge in [0.15, 0.2) is 0 Å². The number of thiazole rings is 1. The number of anilines is 3. The summed E-state index contributed by atoms with van der Waals surface area (Å²) in [6.45, 7) is 3.82. The lowest BCUT2D eigenvalue weighted by molar-refractivity contribution is 0.580. The molecule has 24 heavy (non-hydrogen) atoms. The van der Waals surface area contributed by atoms with Gasteiger partial charge in [-0.3, -0.25) is 4.98 Å². The standard InChI is InChI=1S/C17H18N6S/c1-3-14(4-2-13(1)15-11-19-12-24-15)21-16-5-6-20-17(22-16)23-9-7-18-8-10-23/h1-6,11-12,18H,7-10H2,(H,20,21,22). The molecule has 1 aliphatic rings. The third-order valence-electron chi connectivity index (χ3n) is 3.92. The quantitative estimate of drug-likeness (QED) is 0.762. The highest BCUT2D eigenvalue weighted by Crippen LogP contribution is 2.25. The second-order valence-corrected chi connectivity index (χ2v) is 6.43. The Balaban J connectivity index is 1.48. The first-order chi connectivity index (χ1) is 11.9. The molecule has 0 aliphatic carbocycles. The Kier molecular flexibility index (Phi) is 4.35. The summed E-state index contributed by atoms with van der Waals surface area (Å²) in [5.74, 6) is 1.59. The molecule has 3 heterocycles. The molecule has 1 saturated heterocycles. The van der Waals surface area contributed by atoms with Crippen molar-refractivity contribution in [3.63, 3.8) is 0 Å². The van der Waals surface area contributed by atoms with Gasteiger partial charge in [-0.25, -0.2) is 4.98 Å². The van der Waals surface area contributed by atoms with Gasteiger partial charge < -0.3 is 15.5 Å². The van der Waals surface area contributed by atoms with E-state index in [0.29, 0.717) is 0 Å². The fraction of sp³-hybridized carbons (Fsp3) is 0.235. The molecular weight excluding hydrogens is 320 g/mol. The maximum atomic E-state index is 4.63. The van der Waals surface area contributed by atoms with Gasteiger partial charge in [0.2, 0.25) is 5.95 Å². The van der Waals surface area contributed by atoms with Crippen molar-refractivity contribution in [3.05, 3.63) is 48.2 Å². The molecule has 0 spiro atoms. The molecule has 7 heteroatoms. The van der Waals surface area contributed by atoms with Crippen LogP contribution in [0.5, 0.6) is 0 Å². The third-order valence-corrected chi connectivity index (χ3v) is 4.74. The monoisotopic (exact) mass is 338 g/mol. The largest absolute Gasteiger partial charge is 0.340 e. The molecule has 0 amide bonds. The number of nitrogens with one attached hydrogen (secondary N) is 2. The minimum atomic E-state index is 0.780. The molecule has 0 bridgehead atoms. The number of hydrogen-bond donors (Lipinski definition) is 2. The molecule has 1 aromatic carbocycles. The van der Waals surface area contributed by atoms with Crippen molar-refractivity contribution in [2.75, 3.05) is 36.4 Å². The number of benzene rings is 1. The fourth-order valence-electron chi connectivity index (χ4n) is 2.66. The summed E-state index contributed by atoms with van der Waals surface area (Å²) in [6.07, 6.45) is 3.69. The minimum Gasteiger partial charge on any atom is -0.340 e. The highest BCUT2D eigenvalue weighted by atomic mass is 32.1. The summed E-state index contributed by atoms with van der Waals surface area (Å²) >= 11 is 1.64. The predicted molar refractivity (Wildman–Crippen MR) is 97.9 cm³/mol. The normalized spacial score (nSPS) is 14.6. The number of piperazine rings is 1. The van der Waals surface area contributed by atoms with Crippen molar-refractivity contribution in [1.29, 1.82) is 0 Å². The highest BCUT2D eigenvalue weighted by Gasteiger charge is 2.13. The molecule has 1 fully saturated rings. The lowest BCUT2D eigenvalue weighted by Gasteiger charge is -2.27. The first-order valence-corrected chi connectivity index (χ1v) is 8.81. The Hall–Kier alpha value is -2.51. The van der Waals surface area contributed by atoms with E-state index in [2.05, 4.69) is 54.8 Å². The van der Waals surface area contributed by atoms with E-state index in [1.165, 1.54) is 10.4 Å². The van der Waals surface area contributed by atoms with E-state index in [9.17, 15) is 0 Å². The molecule has 2 aromatic heterocycles. The Morgan fingerprint density at radius 2 is 1.92 bits per heavy atom. The molecule has 0 saturated carbocycles. The smallest absolute Gasteiger partial charge is 0.227 e. The van der Waals surface area contributed by atoms with Crippen molar-refractivity contribution in [2.45, 2.75) is 0 Å². The van der Waals surface area contributed by atoms with Crippen LogP contribution in [0.3, 0.4) is 0 Å². The van der Waals surface area contributed by atoms with Crippen LogP contribution in [-0.4, -0.2) is 41.1 Å². The van der Waals surface area contributed by atoms with Crippen LogP contribution in [0.25, 0.3) is 10.4 Å². The van der Waals surface area contributed by atoms with Crippen LogP contribution in [0, 0.1) is 0 Å². The zero-order valence-electron chi connectivity index (χ0n) is 13.1. The molecule has 0 atom stereocenters. The highest BCUT2D eigenvalue weighted by molar-refractivity contribution is 7.13. The molecule has 2 N–H and O–H groups in total. The predicted octanol–water partition coefficient (Wildman–Crippen LogP) is 2.75. The molecule has 6 nitrogen and oxygen atoms in total. The van der Waals surface area contributed by atoms with Crippen LogP contribution >= 0.6 is 11.3 Å². The lowest BCUT2D eigenvalue weighted by Crippen LogP contribution is -2.44. The van der Waals surface area contributed by atoms with Crippen LogP contribution in [0.15, 0.2) is 48.2 Å². The Bertz CT molecular complexity index is 781. The van der Waals surface area contributed by atoms with E-state index < -0.39 is 0 Å². The molecule has 0 radical (unpaired) electrons. The summed E-state index contributed by atoms with van der Waals surface area (Å²) in [5.41, 5.74) is 4.03. The van der Waals surface area contributed by atoms with E-state index in [0.717, 1.165) is 43.6 Å². The van der Waals surface area contributed by atoms with Gasteiger partial charge >= 0.3 is 0 Å². The maximum absolute atomic E-state index is 4.63. The summed E-state index contributed by atoms with van der Waals surface area (Å²) in [5, 5.41) is 6.69. The van der Waals surface area contributed by atoms with Crippen molar-refractivity contribution >= 4 is 28.8 Å². The number of hydrogen-bond acceptors (Lipinski definition) is 7. The van der Waals surface area contributed by atoms with Crippen LogP contribution in [-0.2, 0) is 0 Å². The van der Waals surface area contributed by atoms with Gasteiger partial charge in [-0.05, 0) is 23.8 Å². The van der Waals surface area contributed by atoms with Gasteiger partial charge in [0.25, 0.3) is 0 Å². The first-order valence-electron chi connectivity index (χ1n) is 7.93. The molecule has 122 valence electrons. The minimum absolute atomic E-state index is 0.780. The molecule has 4 rings (SSSR count). The fourth-order valence-corrected chi connectivity index (χ4v) is 3.29. The van der Waals surface area contributed by atoms with Crippen molar-refractivity contribution in [1.82, 2.24) is 20.3 Å². The summed E-state index contributed by atoms with van der Waals surface area (Å²) in [6, 6.07) is 10.2.